The quantitative estimate of drug-likeness (QED) is 0.946. The van der Waals surface area contributed by atoms with Gasteiger partial charge < -0.3 is 10.2 Å². The fraction of sp³-hybridized carbons (Fsp3) is 0.412. The van der Waals surface area contributed by atoms with Crippen LogP contribution >= 0.6 is 0 Å². The van der Waals surface area contributed by atoms with Crippen molar-refractivity contribution in [1.29, 1.82) is 0 Å². The monoisotopic (exact) mass is 300 g/mol. The third kappa shape index (κ3) is 2.95. The van der Waals surface area contributed by atoms with Gasteiger partial charge in [0.15, 0.2) is 0 Å². The second kappa shape index (κ2) is 6.40. The van der Waals surface area contributed by atoms with E-state index in [-0.39, 0.29) is 5.82 Å². The minimum Gasteiger partial charge on any atom is -0.347 e. The number of piperidine rings is 1. The van der Waals surface area contributed by atoms with Gasteiger partial charge in [-0.05, 0) is 25.5 Å². The Bertz CT molecular complexity index is 651. The maximum Gasteiger partial charge on any atom is 0.225 e. The van der Waals surface area contributed by atoms with Crippen molar-refractivity contribution in [3.05, 3.63) is 42.0 Å². The molecule has 1 aliphatic rings. The van der Waals surface area contributed by atoms with Crippen molar-refractivity contribution >= 4 is 5.95 Å². The molecule has 1 aliphatic heterocycles. The standard InChI is InChI=1S/C17H21FN4/c1-22(2)17-20-11-14(13-7-3-4-8-15(13)18)16(21-17)12-6-5-9-19-10-12/h3-4,7-8,11-12,19H,5-6,9-10H2,1-2H3/t12-/m0/s1. The molecule has 1 aromatic heterocycles. The van der Waals surface area contributed by atoms with E-state index in [1.807, 2.05) is 25.1 Å². The molecule has 4 nitrogen and oxygen atoms in total. The maximum atomic E-state index is 14.2. The molecular formula is C17H21FN4. The van der Waals surface area contributed by atoms with Crippen molar-refractivity contribution < 1.29 is 4.39 Å². The van der Waals surface area contributed by atoms with Crippen LogP contribution in [0.15, 0.2) is 30.5 Å². The van der Waals surface area contributed by atoms with Gasteiger partial charge in [-0.1, -0.05) is 18.2 Å². The first-order valence-corrected chi connectivity index (χ1v) is 7.66. The van der Waals surface area contributed by atoms with Gasteiger partial charge in [0, 0.05) is 43.9 Å². The van der Waals surface area contributed by atoms with Crippen LogP contribution in [0.3, 0.4) is 0 Å². The first-order valence-electron chi connectivity index (χ1n) is 7.66. The molecule has 2 heterocycles. The Morgan fingerprint density at radius 1 is 1.23 bits per heavy atom. The Hall–Kier alpha value is -2.01. The average Bonchev–Trinajstić information content (AvgIpc) is 2.55. The lowest BCUT2D eigenvalue weighted by atomic mass is 9.91. The zero-order valence-electron chi connectivity index (χ0n) is 13.0. The van der Waals surface area contributed by atoms with E-state index >= 15 is 0 Å². The summed E-state index contributed by atoms with van der Waals surface area (Å²) in [5.41, 5.74) is 2.32. The van der Waals surface area contributed by atoms with E-state index in [0.29, 0.717) is 17.4 Å². The normalized spacial score (nSPS) is 18.2. The van der Waals surface area contributed by atoms with Crippen molar-refractivity contribution in [1.82, 2.24) is 15.3 Å². The van der Waals surface area contributed by atoms with Crippen molar-refractivity contribution in [2.75, 3.05) is 32.1 Å². The van der Waals surface area contributed by atoms with Crippen LogP contribution in [0.2, 0.25) is 0 Å². The Labute approximate surface area is 130 Å². The van der Waals surface area contributed by atoms with Gasteiger partial charge in [-0.25, -0.2) is 14.4 Å². The van der Waals surface area contributed by atoms with E-state index < -0.39 is 0 Å². The van der Waals surface area contributed by atoms with E-state index in [1.165, 1.54) is 6.07 Å². The second-order valence-electron chi connectivity index (χ2n) is 5.89. The molecule has 116 valence electrons. The highest BCUT2D eigenvalue weighted by atomic mass is 19.1. The van der Waals surface area contributed by atoms with Crippen LogP contribution in [-0.2, 0) is 0 Å². The number of nitrogens with zero attached hydrogens (tertiary/aromatic N) is 3. The minimum atomic E-state index is -0.228. The fourth-order valence-electron chi connectivity index (χ4n) is 2.88. The van der Waals surface area contributed by atoms with Gasteiger partial charge >= 0.3 is 0 Å². The molecule has 0 saturated carbocycles. The number of aromatic nitrogens is 2. The topological polar surface area (TPSA) is 41.1 Å². The molecule has 1 saturated heterocycles. The summed E-state index contributed by atoms with van der Waals surface area (Å²) < 4.78 is 14.2. The lowest BCUT2D eigenvalue weighted by Crippen LogP contribution is -2.29. The number of benzene rings is 1. The van der Waals surface area contributed by atoms with Crippen molar-refractivity contribution in [3.63, 3.8) is 0 Å². The highest BCUT2D eigenvalue weighted by Gasteiger charge is 2.23. The molecule has 1 atom stereocenters. The van der Waals surface area contributed by atoms with E-state index in [0.717, 1.165) is 37.2 Å². The summed E-state index contributed by atoms with van der Waals surface area (Å²) in [5, 5.41) is 3.41. The molecule has 22 heavy (non-hydrogen) atoms. The highest BCUT2D eigenvalue weighted by Crippen LogP contribution is 2.33. The number of hydrogen-bond acceptors (Lipinski definition) is 4. The molecule has 5 heteroatoms. The van der Waals surface area contributed by atoms with Crippen molar-refractivity contribution in [2.24, 2.45) is 0 Å². The van der Waals surface area contributed by atoms with Gasteiger partial charge in [0.1, 0.15) is 5.82 Å². The molecule has 2 aromatic rings. The highest BCUT2D eigenvalue weighted by molar-refractivity contribution is 5.67. The molecule has 1 aromatic carbocycles. The molecule has 1 N–H and O–H groups in total. The predicted molar refractivity (Wildman–Crippen MR) is 86.6 cm³/mol. The van der Waals surface area contributed by atoms with Crippen molar-refractivity contribution in [3.8, 4) is 11.1 Å². The van der Waals surface area contributed by atoms with E-state index in [1.54, 1.807) is 18.3 Å². The summed E-state index contributed by atoms with van der Waals surface area (Å²) in [5.74, 6) is 0.736. The molecule has 3 rings (SSSR count). The molecule has 1 fully saturated rings. The Balaban J connectivity index is 2.10. The third-order valence-electron chi connectivity index (χ3n) is 4.05. The number of anilines is 1. The van der Waals surface area contributed by atoms with Crippen LogP contribution in [-0.4, -0.2) is 37.2 Å². The maximum absolute atomic E-state index is 14.2. The first kappa shape index (κ1) is 14.9. The zero-order chi connectivity index (χ0) is 15.5. The van der Waals surface area contributed by atoms with Gasteiger partial charge in [0.05, 0.1) is 5.69 Å². The molecular weight excluding hydrogens is 279 g/mol. The molecule has 0 aliphatic carbocycles. The summed E-state index contributed by atoms with van der Waals surface area (Å²) in [4.78, 5) is 11.0. The zero-order valence-corrected chi connectivity index (χ0v) is 13.0. The summed E-state index contributed by atoms with van der Waals surface area (Å²) in [6, 6.07) is 6.83. The lowest BCUT2D eigenvalue weighted by Gasteiger charge is -2.25. The number of nitrogens with one attached hydrogen (secondary N) is 1. The third-order valence-corrected chi connectivity index (χ3v) is 4.05. The molecule has 0 unspecified atom stereocenters. The summed E-state index contributed by atoms with van der Waals surface area (Å²) in [7, 11) is 3.84. The largest absolute Gasteiger partial charge is 0.347 e. The molecule has 0 bridgehead atoms. The number of hydrogen-bond donors (Lipinski definition) is 1. The van der Waals surface area contributed by atoms with Crippen LogP contribution in [0, 0.1) is 5.82 Å². The van der Waals surface area contributed by atoms with Gasteiger partial charge in [0.2, 0.25) is 5.95 Å². The Morgan fingerprint density at radius 2 is 2.05 bits per heavy atom. The fourth-order valence-corrected chi connectivity index (χ4v) is 2.88. The van der Waals surface area contributed by atoms with Crippen LogP contribution in [0.1, 0.15) is 24.5 Å². The predicted octanol–water partition coefficient (Wildman–Crippen LogP) is 2.82. The summed E-state index contributed by atoms with van der Waals surface area (Å²) >= 11 is 0. The van der Waals surface area contributed by atoms with Gasteiger partial charge in [-0.3, -0.25) is 0 Å². The molecule has 0 spiro atoms. The molecule has 0 amide bonds. The van der Waals surface area contributed by atoms with Crippen LogP contribution in [0.4, 0.5) is 10.3 Å². The van der Waals surface area contributed by atoms with Crippen molar-refractivity contribution in [2.45, 2.75) is 18.8 Å². The van der Waals surface area contributed by atoms with Gasteiger partial charge in [-0.15, -0.1) is 0 Å². The summed E-state index contributed by atoms with van der Waals surface area (Å²) in [6.45, 7) is 1.92. The average molecular weight is 300 g/mol. The minimum absolute atomic E-state index is 0.228. The lowest BCUT2D eigenvalue weighted by molar-refractivity contribution is 0.455. The van der Waals surface area contributed by atoms with Crippen LogP contribution < -0.4 is 10.2 Å². The number of rotatable bonds is 3. The van der Waals surface area contributed by atoms with E-state index in [4.69, 9.17) is 4.98 Å². The van der Waals surface area contributed by atoms with Gasteiger partial charge in [0.25, 0.3) is 0 Å². The van der Waals surface area contributed by atoms with E-state index in [2.05, 4.69) is 10.3 Å². The smallest absolute Gasteiger partial charge is 0.225 e. The Morgan fingerprint density at radius 3 is 2.73 bits per heavy atom. The Kier molecular flexibility index (Phi) is 4.34. The SMILES string of the molecule is CN(C)c1ncc(-c2ccccc2F)c([C@H]2CCCNC2)n1. The van der Waals surface area contributed by atoms with E-state index in [9.17, 15) is 4.39 Å². The van der Waals surface area contributed by atoms with Crippen LogP contribution in [0.5, 0.6) is 0 Å². The second-order valence-corrected chi connectivity index (χ2v) is 5.89. The first-order chi connectivity index (χ1) is 10.7. The summed E-state index contributed by atoms with van der Waals surface area (Å²) in [6.07, 6.45) is 3.94. The van der Waals surface area contributed by atoms with Crippen LogP contribution in [0.25, 0.3) is 11.1 Å². The molecule has 0 radical (unpaired) electrons. The van der Waals surface area contributed by atoms with Gasteiger partial charge in [-0.2, -0.15) is 0 Å². The number of halogens is 1.